The molecule has 5 heteroatoms. The summed E-state index contributed by atoms with van der Waals surface area (Å²) >= 11 is 3.60. The highest BCUT2D eigenvalue weighted by Gasteiger charge is 2.08. The fourth-order valence-electron chi connectivity index (χ4n) is 1.90. The van der Waals surface area contributed by atoms with Crippen molar-refractivity contribution in [3.8, 4) is 0 Å². The lowest BCUT2D eigenvalue weighted by atomic mass is 10.1. The van der Waals surface area contributed by atoms with Crippen molar-refractivity contribution in [3.63, 3.8) is 0 Å². The van der Waals surface area contributed by atoms with Gasteiger partial charge in [0.05, 0.1) is 6.04 Å². The van der Waals surface area contributed by atoms with E-state index in [4.69, 9.17) is 11.5 Å². The molecule has 0 saturated carbocycles. The molecule has 4 N–H and O–H groups in total. The first kappa shape index (κ1) is 18.6. The molecule has 1 unspecified atom stereocenters. The number of hydrogen-bond donors (Lipinski definition) is 2. The van der Waals surface area contributed by atoms with Gasteiger partial charge in [-0.1, -0.05) is 25.1 Å². The largest absolute Gasteiger partial charge is 0.330 e. The van der Waals surface area contributed by atoms with Crippen LogP contribution in [0.3, 0.4) is 0 Å². The van der Waals surface area contributed by atoms with Crippen molar-refractivity contribution in [2.45, 2.75) is 37.8 Å². The molecule has 21 heavy (non-hydrogen) atoms. The Bertz CT molecular complexity index is 452. The zero-order chi connectivity index (χ0) is 15.7. The summed E-state index contributed by atoms with van der Waals surface area (Å²) in [6, 6.07) is 6.45. The minimum absolute atomic E-state index is 0.0590. The van der Waals surface area contributed by atoms with Gasteiger partial charge in [-0.2, -0.15) is 23.5 Å². The third kappa shape index (κ3) is 7.36. The number of aryl methyl sites for hydroxylation is 1. The fraction of sp³-hybridized carbons (Fsp3) is 0.562. The molecule has 0 radical (unpaired) electrons. The number of thioether (sulfide) groups is 2. The van der Waals surface area contributed by atoms with Gasteiger partial charge in [0, 0.05) is 29.6 Å². The molecule has 1 aromatic carbocycles. The first-order chi connectivity index (χ1) is 10.1. The molecule has 0 aliphatic rings. The molecule has 0 heterocycles. The zero-order valence-electron chi connectivity index (χ0n) is 12.9. The molecule has 1 atom stereocenters. The third-order valence-electron chi connectivity index (χ3n) is 3.14. The number of rotatable bonds is 10. The summed E-state index contributed by atoms with van der Waals surface area (Å²) in [5.41, 5.74) is 15.3. The fourth-order valence-corrected chi connectivity index (χ4v) is 3.63. The molecule has 0 fully saturated rings. The summed E-state index contributed by atoms with van der Waals surface area (Å²) < 4.78 is 0. The molecule has 1 aromatic rings. The second-order valence-corrected chi connectivity index (χ2v) is 7.22. The van der Waals surface area contributed by atoms with E-state index in [0.717, 1.165) is 30.2 Å². The van der Waals surface area contributed by atoms with Crippen LogP contribution in [0.4, 0.5) is 0 Å². The lowest BCUT2D eigenvalue weighted by Gasteiger charge is -2.10. The zero-order valence-corrected chi connectivity index (χ0v) is 14.6. The van der Waals surface area contributed by atoms with Crippen LogP contribution in [0.1, 0.15) is 30.5 Å². The minimum Gasteiger partial charge on any atom is -0.330 e. The summed E-state index contributed by atoms with van der Waals surface area (Å²) in [6.07, 6.45) is 1.04. The van der Waals surface area contributed by atoms with E-state index in [9.17, 15) is 4.79 Å². The van der Waals surface area contributed by atoms with Gasteiger partial charge in [-0.3, -0.25) is 4.79 Å². The number of Topliss-reactive ketones (excluding diaryl/α,β-unsaturated/α-hetero) is 1. The van der Waals surface area contributed by atoms with E-state index in [2.05, 4.69) is 25.1 Å². The van der Waals surface area contributed by atoms with Crippen LogP contribution < -0.4 is 11.5 Å². The normalized spacial score (nSPS) is 12.4. The molecule has 0 aliphatic carbocycles. The van der Waals surface area contributed by atoms with E-state index in [1.165, 1.54) is 16.7 Å². The molecule has 0 aromatic heterocycles. The maximum Gasteiger partial charge on any atom is 0.147 e. The highest BCUT2D eigenvalue weighted by Crippen LogP contribution is 2.20. The highest BCUT2D eigenvalue weighted by atomic mass is 32.2. The predicted octanol–water partition coefficient (Wildman–Crippen LogP) is 2.59. The molecule has 0 spiro atoms. The average molecular weight is 327 g/mol. The van der Waals surface area contributed by atoms with Crippen molar-refractivity contribution in [1.29, 1.82) is 0 Å². The Labute approximate surface area is 136 Å². The predicted molar refractivity (Wildman–Crippen MR) is 95.9 cm³/mol. The molecule has 0 bridgehead atoms. The number of nitrogens with two attached hydrogens (primary N) is 2. The van der Waals surface area contributed by atoms with Crippen LogP contribution in [0.15, 0.2) is 18.2 Å². The molecule has 0 amide bonds. The van der Waals surface area contributed by atoms with E-state index in [0.29, 0.717) is 5.75 Å². The number of hydrogen-bond acceptors (Lipinski definition) is 5. The van der Waals surface area contributed by atoms with E-state index < -0.39 is 0 Å². The Hall–Kier alpha value is -0.490. The SMILES string of the molecule is CCc1cc(CSCCN)cc(CSCC(N)C(C)=O)c1. The average Bonchev–Trinajstić information content (AvgIpc) is 2.47. The van der Waals surface area contributed by atoms with Crippen molar-refractivity contribution in [3.05, 3.63) is 34.9 Å². The summed E-state index contributed by atoms with van der Waals surface area (Å²) in [7, 11) is 0. The van der Waals surface area contributed by atoms with Crippen LogP contribution in [-0.4, -0.2) is 29.9 Å². The maximum absolute atomic E-state index is 11.1. The molecule has 0 aliphatic heterocycles. The van der Waals surface area contributed by atoms with Gasteiger partial charge < -0.3 is 11.5 Å². The first-order valence-corrected chi connectivity index (χ1v) is 9.61. The first-order valence-electron chi connectivity index (χ1n) is 7.30. The van der Waals surface area contributed by atoms with Gasteiger partial charge in [0.25, 0.3) is 0 Å². The number of benzene rings is 1. The van der Waals surface area contributed by atoms with E-state index in [1.807, 2.05) is 11.8 Å². The Morgan fingerprint density at radius 1 is 1.14 bits per heavy atom. The highest BCUT2D eigenvalue weighted by molar-refractivity contribution is 7.98. The van der Waals surface area contributed by atoms with Gasteiger partial charge in [0.15, 0.2) is 0 Å². The maximum atomic E-state index is 11.1. The summed E-state index contributed by atoms with van der Waals surface area (Å²) in [5, 5.41) is 0. The Balaban J connectivity index is 2.59. The summed E-state index contributed by atoms with van der Waals surface area (Å²) in [6.45, 7) is 4.45. The number of carbonyl (C=O) groups is 1. The minimum atomic E-state index is -0.344. The van der Waals surface area contributed by atoms with Crippen LogP contribution in [-0.2, 0) is 22.7 Å². The van der Waals surface area contributed by atoms with Crippen molar-refractivity contribution < 1.29 is 4.79 Å². The lowest BCUT2D eigenvalue weighted by Crippen LogP contribution is -2.30. The molecular formula is C16H26N2OS2. The summed E-state index contributed by atoms with van der Waals surface area (Å²) in [5.74, 6) is 3.65. The van der Waals surface area contributed by atoms with E-state index in [1.54, 1.807) is 18.7 Å². The van der Waals surface area contributed by atoms with Gasteiger partial charge in [0.1, 0.15) is 5.78 Å². The standard InChI is InChI=1S/C16H26N2OS2/c1-3-13-6-14(9-20-5-4-17)8-15(7-13)10-21-11-16(18)12(2)19/h6-8,16H,3-5,9-11,17-18H2,1-2H3. The van der Waals surface area contributed by atoms with Crippen LogP contribution in [0.2, 0.25) is 0 Å². The van der Waals surface area contributed by atoms with Crippen molar-refractivity contribution in [2.24, 2.45) is 11.5 Å². The van der Waals surface area contributed by atoms with Gasteiger partial charge in [-0.05, 0) is 30.0 Å². The quantitative estimate of drug-likeness (QED) is 0.647. The second kappa shape index (κ2) is 10.3. The van der Waals surface area contributed by atoms with Gasteiger partial charge >= 0.3 is 0 Å². The van der Waals surface area contributed by atoms with Crippen molar-refractivity contribution >= 4 is 29.3 Å². The second-order valence-electron chi connectivity index (χ2n) is 5.08. The van der Waals surface area contributed by atoms with Gasteiger partial charge in [-0.15, -0.1) is 0 Å². The molecule has 118 valence electrons. The van der Waals surface area contributed by atoms with Crippen LogP contribution in [0.25, 0.3) is 0 Å². The Morgan fingerprint density at radius 2 is 1.71 bits per heavy atom. The van der Waals surface area contributed by atoms with Gasteiger partial charge in [0.2, 0.25) is 0 Å². The topological polar surface area (TPSA) is 69.1 Å². The smallest absolute Gasteiger partial charge is 0.147 e. The summed E-state index contributed by atoms with van der Waals surface area (Å²) in [4.78, 5) is 11.1. The van der Waals surface area contributed by atoms with E-state index >= 15 is 0 Å². The third-order valence-corrected chi connectivity index (χ3v) is 5.33. The van der Waals surface area contributed by atoms with Crippen molar-refractivity contribution in [1.82, 2.24) is 0 Å². The molecular weight excluding hydrogens is 300 g/mol. The monoisotopic (exact) mass is 326 g/mol. The number of ketones is 1. The van der Waals surface area contributed by atoms with Crippen LogP contribution in [0.5, 0.6) is 0 Å². The van der Waals surface area contributed by atoms with Crippen molar-refractivity contribution in [2.75, 3.05) is 18.1 Å². The Morgan fingerprint density at radius 3 is 2.24 bits per heavy atom. The Kier molecular flexibility index (Phi) is 9.08. The molecule has 3 nitrogen and oxygen atoms in total. The molecule has 0 saturated heterocycles. The number of carbonyl (C=O) groups excluding carboxylic acids is 1. The lowest BCUT2D eigenvalue weighted by molar-refractivity contribution is -0.117. The van der Waals surface area contributed by atoms with Crippen LogP contribution >= 0.6 is 23.5 Å². The van der Waals surface area contributed by atoms with Gasteiger partial charge in [-0.25, -0.2) is 0 Å². The molecule has 1 rings (SSSR count). The van der Waals surface area contributed by atoms with E-state index in [-0.39, 0.29) is 11.8 Å². The van der Waals surface area contributed by atoms with Crippen LogP contribution in [0, 0.1) is 0 Å².